The Morgan fingerprint density at radius 3 is 2.78 bits per heavy atom. The van der Waals surface area contributed by atoms with E-state index in [0.717, 1.165) is 11.1 Å². The molecule has 0 bridgehead atoms. The Balaban J connectivity index is 1.66. The van der Waals surface area contributed by atoms with Crippen LogP contribution in [-0.4, -0.2) is 41.6 Å². The summed E-state index contributed by atoms with van der Waals surface area (Å²) in [6.45, 7) is 1.81. The van der Waals surface area contributed by atoms with E-state index in [1.54, 1.807) is 37.5 Å². The third-order valence-electron chi connectivity index (χ3n) is 5.64. The highest BCUT2D eigenvalue weighted by atomic mass is 35.5. The minimum atomic E-state index is -0.608. The zero-order valence-electron chi connectivity index (χ0n) is 19.2. The standard InChI is InChI=1S/C25H21ClFN7O2/c1-13-6-7-29-25(33-13)36-18-5-4-15(9-17(18)27)20-21-23(28)31-12-32-24(21)34-22(20)16-11-30-19(26)10-14(16)3-2-8-35/h4-7,9-12,35H,2-3,8H2,1H3,(H3,28,31,32,34). The topological polar surface area (TPSA) is 136 Å². The van der Waals surface area contributed by atoms with Gasteiger partial charge in [-0.15, -0.1) is 0 Å². The van der Waals surface area contributed by atoms with E-state index in [9.17, 15) is 5.11 Å². The molecule has 1 aromatic carbocycles. The molecule has 0 saturated heterocycles. The van der Waals surface area contributed by atoms with E-state index in [4.69, 9.17) is 22.1 Å². The second kappa shape index (κ2) is 9.84. The molecule has 0 aliphatic rings. The Hall–Kier alpha value is -4.15. The Morgan fingerprint density at radius 1 is 1.14 bits per heavy atom. The summed E-state index contributed by atoms with van der Waals surface area (Å²) in [5.41, 5.74) is 10.8. The lowest BCUT2D eigenvalue weighted by Gasteiger charge is -2.12. The number of pyridine rings is 1. The maximum atomic E-state index is 15.3. The smallest absolute Gasteiger partial charge is 0.322 e. The molecule has 0 atom stereocenters. The molecule has 0 radical (unpaired) electrons. The fraction of sp³-hybridized carbons (Fsp3) is 0.160. The second-order valence-electron chi connectivity index (χ2n) is 8.08. The summed E-state index contributed by atoms with van der Waals surface area (Å²) in [6, 6.07) is 8.08. The molecule has 182 valence electrons. The van der Waals surface area contributed by atoms with Crippen molar-refractivity contribution in [1.82, 2.24) is 29.9 Å². The second-order valence-corrected chi connectivity index (χ2v) is 8.46. The molecule has 0 fully saturated rings. The number of hydrogen-bond acceptors (Lipinski definition) is 8. The molecule has 5 rings (SSSR count). The van der Waals surface area contributed by atoms with Crippen molar-refractivity contribution in [3.05, 3.63) is 71.3 Å². The predicted molar refractivity (Wildman–Crippen MR) is 134 cm³/mol. The van der Waals surface area contributed by atoms with Gasteiger partial charge in [-0.05, 0) is 55.2 Å². The SMILES string of the molecule is Cc1ccnc(Oc2ccc(-c3c(-c4cnc(Cl)cc4CCCO)[nH]c4ncnc(N)c34)cc2F)n1. The average Bonchev–Trinajstić information content (AvgIpc) is 3.25. The van der Waals surface area contributed by atoms with Crippen LogP contribution in [0.15, 0.2) is 49.1 Å². The van der Waals surface area contributed by atoms with Gasteiger partial charge in [0.05, 0.1) is 11.1 Å². The van der Waals surface area contributed by atoms with Gasteiger partial charge in [0.1, 0.15) is 22.9 Å². The van der Waals surface area contributed by atoms with E-state index in [2.05, 4.69) is 29.9 Å². The first-order valence-electron chi connectivity index (χ1n) is 11.1. The normalized spacial score (nSPS) is 11.2. The summed E-state index contributed by atoms with van der Waals surface area (Å²) in [5.74, 6) is -0.389. The van der Waals surface area contributed by atoms with Crippen molar-refractivity contribution in [2.45, 2.75) is 19.8 Å². The number of anilines is 1. The monoisotopic (exact) mass is 505 g/mol. The number of aromatic amines is 1. The molecular formula is C25H21ClFN7O2. The molecule has 36 heavy (non-hydrogen) atoms. The fourth-order valence-corrected chi connectivity index (χ4v) is 4.20. The van der Waals surface area contributed by atoms with Crippen LogP contribution >= 0.6 is 11.6 Å². The number of halogens is 2. The van der Waals surface area contributed by atoms with Gasteiger partial charge in [0.25, 0.3) is 0 Å². The maximum Gasteiger partial charge on any atom is 0.322 e. The van der Waals surface area contributed by atoms with E-state index in [0.29, 0.717) is 51.5 Å². The molecule has 0 aliphatic carbocycles. The minimum absolute atomic E-state index is 0.0215. The molecular weight excluding hydrogens is 485 g/mol. The number of nitrogens with two attached hydrogens (primary N) is 1. The first-order valence-corrected chi connectivity index (χ1v) is 11.5. The summed E-state index contributed by atoms with van der Waals surface area (Å²) in [5, 5.41) is 10.2. The Labute approximate surface area is 210 Å². The highest BCUT2D eigenvalue weighted by Crippen LogP contribution is 2.42. The zero-order valence-corrected chi connectivity index (χ0v) is 19.9. The van der Waals surface area contributed by atoms with E-state index in [1.165, 1.54) is 18.5 Å². The lowest BCUT2D eigenvalue weighted by Crippen LogP contribution is -1.97. The van der Waals surface area contributed by atoms with Crippen LogP contribution in [0.3, 0.4) is 0 Å². The molecule has 4 aromatic heterocycles. The van der Waals surface area contributed by atoms with Gasteiger partial charge in [-0.25, -0.2) is 29.3 Å². The van der Waals surface area contributed by atoms with Crippen LogP contribution in [-0.2, 0) is 6.42 Å². The van der Waals surface area contributed by atoms with Crippen molar-refractivity contribution in [3.8, 4) is 34.1 Å². The van der Waals surface area contributed by atoms with Gasteiger partial charge in [0.2, 0.25) is 0 Å². The Morgan fingerprint density at radius 2 is 2.00 bits per heavy atom. The van der Waals surface area contributed by atoms with Crippen LogP contribution in [0, 0.1) is 12.7 Å². The molecule has 5 aromatic rings. The number of benzene rings is 1. The summed E-state index contributed by atoms with van der Waals surface area (Å²) in [4.78, 5) is 24.2. The van der Waals surface area contributed by atoms with Crippen LogP contribution in [0.5, 0.6) is 11.8 Å². The van der Waals surface area contributed by atoms with Crippen molar-refractivity contribution in [3.63, 3.8) is 0 Å². The number of nitrogen functional groups attached to an aromatic ring is 1. The molecule has 11 heteroatoms. The van der Waals surface area contributed by atoms with Crippen LogP contribution in [0.25, 0.3) is 33.4 Å². The first-order chi connectivity index (χ1) is 17.4. The number of hydrogen-bond donors (Lipinski definition) is 3. The van der Waals surface area contributed by atoms with Crippen molar-refractivity contribution in [2.24, 2.45) is 0 Å². The van der Waals surface area contributed by atoms with E-state index in [1.807, 2.05) is 0 Å². The molecule has 0 aliphatic heterocycles. The molecule has 4 N–H and O–H groups in total. The van der Waals surface area contributed by atoms with Crippen LogP contribution in [0.1, 0.15) is 17.7 Å². The van der Waals surface area contributed by atoms with Crippen molar-refractivity contribution in [1.29, 1.82) is 0 Å². The quantitative estimate of drug-likeness (QED) is 0.266. The van der Waals surface area contributed by atoms with Gasteiger partial charge >= 0.3 is 6.01 Å². The fourth-order valence-electron chi connectivity index (χ4n) is 4.02. The van der Waals surface area contributed by atoms with Crippen molar-refractivity contribution in [2.75, 3.05) is 12.3 Å². The molecule has 0 spiro atoms. The van der Waals surface area contributed by atoms with Gasteiger partial charge in [0, 0.05) is 35.8 Å². The Bertz CT molecular complexity index is 1570. The number of nitrogens with one attached hydrogen (secondary N) is 1. The van der Waals surface area contributed by atoms with Gasteiger partial charge in [-0.3, -0.25) is 0 Å². The lowest BCUT2D eigenvalue weighted by molar-refractivity contribution is 0.288. The van der Waals surface area contributed by atoms with Crippen molar-refractivity contribution < 1.29 is 14.2 Å². The molecule has 0 amide bonds. The largest absolute Gasteiger partial charge is 0.421 e. The number of aryl methyl sites for hydroxylation is 2. The van der Waals surface area contributed by atoms with Gasteiger partial charge in [-0.2, -0.15) is 0 Å². The molecule has 0 unspecified atom stereocenters. The lowest BCUT2D eigenvalue weighted by atomic mass is 9.95. The number of fused-ring (bicyclic) bond motifs is 1. The van der Waals surface area contributed by atoms with Gasteiger partial charge in [0.15, 0.2) is 11.6 Å². The predicted octanol–water partition coefficient (Wildman–Crippen LogP) is 4.88. The van der Waals surface area contributed by atoms with Crippen molar-refractivity contribution >= 4 is 28.5 Å². The third kappa shape index (κ3) is 4.56. The summed E-state index contributed by atoms with van der Waals surface area (Å²) in [7, 11) is 0. The van der Waals surface area contributed by atoms with E-state index >= 15 is 4.39 Å². The highest BCUT2D eigenvalue weighted by molar-refractivity contribution is 6.29. The Kier molecular flexibility index (Phi) is 6.45. The van der Waals surface area contributed by atoms with Gasteiger partial charge < -0.3 is 20.6 Å². The van der Waals surface area contributed by atoms with E-state index in [-0.39, 0.29) is 24.2 Å². The molecule has 9 nitrogen and oxygen atoms in total. The average molecular weight is 506 g/mol. The third-order valence-corrected chi connectivity index (χ3v) is 5.85. The zero-order chi connectivity index (χ0) is 25.2. The number of aromatic nitrogens is 6. The summed E-state index contributed by atoms with van der Waals surface area (Å²) in [6.07, 6.45) is 5.62. The maximum absolute atomic E-state index is 15.3. The van der Waals surface area contributed by atoms with Crippen LogP contribution < -0.4 is 10.5 Å². The van der Waals surface area contributed by atoms with Crippen LogP contribution in [0.4, 0.5) is 10.2 Å². The number of nitrogens with zero attached hydrogens (tertiary/aromatic N) is 5. The number of rotatable bonds is 7. The summed E-state index contributed by atoms with van der Waals surface area (Å²) >= 11 is 6.16. The highest BCUT2D eigenvalue weighted by Gasteiger charge is 2.22. The number of H-pyrrole nitrogens is 1. The number of aliphatic hydroxyl groups excluding tert-OH is 1. The van der Waals surface area contributed by atoms with Crippen LogP contribution in [0.2, 0.25) is 5.15 Å². The van der Waals surface area contributed by atoms with E-state index < -0.39 is 5.82 Å². The number of aliphatic hydroxyl groups is 1. The summed E-state index contributed by atoms with van der Waals surface area (Å²) < 4.78 is 20.8. The minimum Gasteiger partial charge on any atom is -0.421 e. The first kappa shape index (κ1) is 23.6. The molecule has 0 saturated carbocycles. The number of ether oxygens (including phenoxy) is 1. The van der Waals surface area contributed by atoms with Gasteiger partial charge in [-0.1, -0.05) is 17.7 Å². The molecule has 4 heterocycles.